The third kappa shape index (κ3) is 3.32. The predicted octanol–water partition coefficient (Wildman–Crippen LogP) is 5.26. The van der Waals surface area contributed by atoms with Gasteiger partial charge >= 0.3 is 5.91 Å². The van der Waals surface area contributed by atoms with Gasteiger partial charge < -0.3 is 8.98 Å². The van der Waals surface area contributed by atoms with Crippen LogP contribution in [0, 0.1) is 13.8 Å². The summed E-state index contributed by atoms with van der Waals surface area (Å²) < 4.78 is 7.61. The van der Waals surface area contributed by atoms with Crippen molar-refractivity contribution in [3.8, 4) is 5.69 Å². The minimum atomic E-state index is -0.396. The maximum Gasteiger partial charge on any atom is 0.307 e. The van der Waals surface area contributed by atoms with Gasteiger partial charge in [-0.3, -0.25) is 4.79 Å². The molecule has 0 unspecified atom stereocenters. The topological polar surface area (TPSA) is 59.5 Å². The van der Waals surface area contributed by atoms with Gasteiger partial charge in [-0.05, 0) is 44.2 Å². The molecule has 0 atom stereocenters. The SMILES string of the molecule is Cc1cc(/C=N/NC(=O)c2cc3ccccc3o2)c(C)n1-c1ccccc1Cl. The number of nitrogens with one attached hydrogen (secondary N) is 1. The van der Waals surface area contributed by atoms with Crippen molar-refractivity contribution in [1.82, 2.24) is 9.99 Å². The fraction of sp³-hybridized carbons (Fsp3) is 0.0909. The van der Waals surface area contributed by atoms with Crippen molar-refractivity contribution in [3.05, 3.63) is 88.4 Å². The van der Waals surface area contributed by atoms with Crippen LogP contribution in [-0.2, 0) is 0 Å². The van der Waals surface area contributed by atoms with Crippen LogP contribution in [-0.4, -0.2) is 16.7 Å². The van der Waals surface area contributed by atoms with Gasteiger partial charge in [0.1, 0.15) is 5.58 Å². The molecule has 6 heteroatoms. The number of aryl methyl sites for hydroxylation is 1. The number of carbonyl (C=O) groups is 1. The molecule has 1 amide bonds. The zero-order valence-electron chi connectivity index (χ0n) is 15.4. The van der Waals surface area contributed by atoms with Crippen molar-refractivity contribution in [2.24, 2.45) is 5.10 Å². The molecular formula is C22H18ClN3O2. The summed E-state index contributed by atoms with van der Waals surface area (Å²) in [5, 5.41) is 5.64. The number of amides is 1. The average Bonchev–Trinajstić information content (AvgIpc) is 3.24. The van der Waals surface area contributed by atoms with Gasteiger partial charge in [0.05, 0.1) is 16.9 Å². The molecule has 0 aliphatic carbocycles. The van der Waals surface area contributed by atoms with Crippen molar-refractivity contribution >= 4 is 34.7 Å². The quantitative estimate of drug-likeness (QED) is 0.381. The number of para-hydroxylation sites is 2. The number of hydrogen-bond donors (Lipinski definition) is 1. The van der Waals surface area contributed by atoms with Crippen molar-refractivity contribution in [3.63, 3.8) is 0 Å². The zero-order valence-corrected chi connectivity index (χ0v) is 16.2. The van der Waals surface area contributed by atoms with E-state index < -0.39 is 5.91 Å². The molecule has 2 aromatic heterocycles. The van der Waals surface area contributed by atoms with Crippen LogP contribution in [0.2, 0.25) is 5.02 Å². The number of aromatic nitrogens is 1. The highest BCUT2D eigenvalue weighted by Crippen LogP contribution is 2.25. The normalized spacial score (nSPS) is 11.4. The average molecular weight is 392 g/mol. The van der Waals surface area contributed by atoms with Crippen LogP contribution in [0.25, 0.3) is 16.7 Å². The Morgan fingerprint density at radius 3 is 2.64 bits per heavy atom. The second kappa shape index (κ2) is 7.37. The van der Waals surface area contributed by atoms with Gasteiger partial charge in [0.25, 0.3) is 0 Å². The molecule has 1 N–H and O–H groups in total. The lowest BCUT2D eigenvalue weighted by atomic mass is 10.2. The lowest BCUT2D eigenvalue weighted by molar-refractivity contribution is 0.0929. The molecule has 28 heavy (non-hydrogen) atoms. The Balaban J connectivity index is 1.54. The summed E-state index contributed by atoms with van der Waals surface area (Å²) in [5.41, 5.74) is 6.98. The number of hydrogen-bond acceptors (Lipinski definition) is 3. The molecule has 0 aliphatic rings. The summed E-state index contributed by atoms with van der Waals surface area (Å²) in [6.07, 6.45) is 1.62. The molecule has 4 rings (SSSR count). The molecule has 0 fully saturated rings. The third-order valence-electron chi connectivity index (χ3n) is 4.58. The highest BCUT2D eigenvalue weighted by molar-refractivity contribution is 6.32. The predicted molar refractivity (Wildman–Crippen MR) is 112 cm³/mol. The van der Waals surface area contributed by atoms with Gasteiger partial charge in [0.15, 0.2) is 5.76 Å². The first-order valence-electron chi connectivity index (χ1n) is 8.80. The molecule has 140 valence electrons. The second-order valence-corrected chi connectivity index (χ2v) is 6.87. The summed E-state index contributed by atoms with van der Waals surface area (Å²) in [5.74, 6) is -0.174. The summed E-state index contributed by atoms with van der Waals surface area (Å²) >= 11 is 6.34. The maximum atomic E-state index is 12.3. The van der Waals surface area contributed by atoms with E-state index in [1.54, 1.807) is 12.3 Å². The molecule has 0 aliphatic heterocycles. The van der Waals surface area contributed by atoms with E-state index in [0.29, 0.717) is 10.6 Å². The third-order valence-corrected chi connectivity index (χ3v) is 4.90. The monoisotopic (exact) mass is 391 g/mol. The minimum absolute atomic E-state index is 0.222. The maximum absolute atomic E-state index is 12.3. The van der Waals surface area contributed by atoms with Gasteiger partial charge in [-0.2, -0.15) is 5.10 Å². The Bertz CT molecular complexity index is 1170. The number of rotatable bonds is 4. The Kier molecular flexibility index (Phi) is 4.75. The van der Waals surface area contributed by atoms with E-state index in [1.165, 1.54) is 0 Å². The smallest absolute Gasteiger partial charge is 0.307 e. The molecule has 0 spiro atoms. The summed E-state index contributed by atoms with van der Waals surface area (Å²) in [4.78, 5) is 12.3. The zero-order chi connectivity index (χ0) is 19.7. The molecule has 0 saturated heterocycles. The van der Waals surface area contributed by atoms with E-state index in [-0.39, 0.29) is 5.76 Å². The lowest BCUT2D eigenvalue weighted by Crippen LogP contribution is -2.16. The van der Waals surface area contributed by atoms with Gasteiger partial charge in [-0.15, -0.1) is 0 Å². The van der Waals surface area contributed by atoms with Gasteiger partial charge in [0.2, 0.25) is 0 Å². The first-order chi connectivity index (χ1) is 13.5. The number of halogens is 1. The summed E-state index contributed by atoms with van der Waals surface area (Å²) in [6, 6.07) is 18.8. The standard InChI is InChI=1S/C22H18ClN3O2/c1-14-11-17(15(2)26(14)19-9-5-4-8-18(19)23)13-24-25-22(27)21-12-16-7-3-6-10-20(16)28-21/h3-13H,1-2H3,(H,25,27)/b24-13+. The molecule has 2 aromatic carbocycles. The van der Waals surface area contributed by atoms with Gasteiger partial charge in [0, 0.05) is 22.3 Å². The van der Waals surface area contributed by atoms with Gasteiger partial charge in [-0.1, -0.05) is 41.9 Å². The van der Waals surface area contributed by atoms with Crippen LogP contribution in [0.1, 0.15) is 27.5 Å². The Hall–Kier alpha value is -3.31. The molecular weight excluding hydrogens is 374 g/mol. The van der Waals surface area contributed by atoms with Crippen LogP contribution in [0.4, 0.5) is 0 Å². The van der Waals surface area contributed by atoms with E-state index in [9.17, 15) is 4.79 Å². The van der Waals surface area contributed by atoms with Crippen LogP contribution in [0.5, 0.6) is 0 Å². The lowest BCUT2D eigenvalue weighted by Gasteiger charge is -2.11. The number of fused-ring (bicyclic) bond motifs is 1. The molecule has 0 radical (unpaired) electrons. The van der Waals surface area contributed by atoms with Gasteiger partial charge in [-0.25, -0.2) is 5.43 Å². The first-order valence-corrected chi connectivity index (χ1v) is 9.18. The van der Waals surface area contributed by atoms with E-state index in [0.717, 1.165) is 28.0 Å². The van der Waals surface area contributed by atoms with Crippen LogP contribution in [0.15, 0.2) is 70.2 Å². The fourth-order valence-electron chi connectivity index (χ4n) is 3.23. The molecule has 5 nitrogen and oxygen atoms in total. The number of nitrogens with zero attached hydrogens (tertiary/aromatic N) is 2. The Morgan fingerprint density at radius 2 is 1.86 bits per heavy atom. The highest BCUT2D eigenvalue weighted by Gasteiger charge is 2.13. The highest BCUT2D eigenvalue weighted by atomic mass is 35.5. The number of hydrazone groups is 1. The Labute approximate surface area is 167 Å². The van der Waals surface area contributed by atoms with E-state index in [4.69, 9.17) is 16.0 Å². The summed E-state index contributed by atoms with van der Waals surface area (Å²) in [6.45, 7) is 3.99. The largest absolute Gasteiger partial charge is 0.451 e. The van der Waals surface area contributed by atoms with Crippen molar-refractivity contribution in [2.45, 2.75) is 13.8 Å². The van der Waals surface area contributed by atoms with E-state index in [1.807, 2.05) is 68.4 Å². The van der Waals surface area contributed by atoms with E-state index in [2.05, 4.69) is 15.1 Å². The van der Waals surface area contributed by atoms with Crippen molar-refractivity contribution < 1.29 is 9.21 Å². The molecule has 0 saturated carbocycles. The van der Waals surface area contributed by atoms with E-state index >= 15 is 0 Å². The van der Waals surface area contributed by atoms with Crippen LogP contribution >= 0.6 is 11.6 Å². The molecule has 2 heterocycles. The number of furan rings is 1. The number of benzene rings is 2. The van der Waals surface area contributed by atoms with Crippen LogP contribution in [0.3, 0.4) is 0 Å². The Morgan fingerprint density at radius 1 is 1.11 bits per heavy atom. The fourth-order valence-corrected chi connectivity index (χ4v) is 3.45. The van der Waals surface area contributed by atoms with Crippen LogP contribution < -0.4 is 5.43 Å². The van der Waals surface area contributed by atoms with Crippen molar-refractivity contribution in [1.29, 1.82) is 0 Å². The minimum Gasteiger partial charge on any atom is -0.451 e. The first kappa shape index (κ1) is 18.1. The van der Waals surface area contributed by atoms with Crippen molar-refractivity contribution in [2.75, 3.05) is 0 Å². The second-order valence-electron chi connectivity index (χ2n) is 6.46. The number of carbonyl (C=O) groups excluding carboxylic acids is 1. The molecule has 4 aromatic rings. The molecule has 0 bridgehead atoms. The summed E-state index contributed by atoms with van der Waals surface area (Å²) in [7, 11) is 0.